The molecule has 1 heterocycles. The number of hydrogen-bond acceptors (Lipinski definition) is 2. The van der Waals surface area contributed by atoms with Gasteiger partial charge in [0.25, 0.3) is 5.56 Å². The third-order valence-electron chi connectivity index (χ3n) is 2.21. The molecule has 2 aromatic rings. The lowest BCUT2D eigenvalue weighted by Crippen LogP contribution is -2.16. The van der Waals surface area contributed by atoms with Crippen LogP contribution in [0.1, 0.15) is 5.56 Å². The van der Waals surface area contributed by atoms with Crippen LogP contribution in [-0.2, 0) is 0 Å². The van der Waals surface area contributed by atoms with E-state index in [1.165, 1.54) is 0 Å². The molecule has 0 saturated heterocycles. The second-order valence-electron chi connectivity index (χ2n) is 3.51. The molecule has 3 heteroatoms. The molecule has 0 spiro atoms. The molecule has 0 aliphatic rings. The molecule has 0 atom stereocenters. The van der Waals surface area contributed by atoms with E-state index in [-0.39, 0.29) is 5.56 Å². The molecular weight excluding hydrogens is 188 g/mol. The third-order valence-corrected chi connectivity index (χ3v) is 2.21. The average molecular weight is 200 g/mol. The van der Waals surface area contributed by atoms with E-state index < -0.39 is 0 Å². The van der Waals surface area contributed by atoms with Crippen molar-refractivity contribution in [2.45, 2.75) is 6.92 Å². The van der Waals surface area contributed by atoms with Crippen LogP contribution in [0, 0.1) is 6.92 Å². The minimum Gasteiger partial charge on any atom is -0.399 e. The standard InChI is InChI=1S/C12H12N2O/c1-9-5-6-12(15)14(8-9)11-4-2-3-10(13)7-11/h2-8H,13H2,1H3. The van der Waals surface area contributed by atoms with Crippen molar-refractivity contribution in [1.29, 1.82) is 0 Å². The van der Waals surface area contributed by atoms with Gasteiger partial charge in [-0.3, -0.25) is 9.36 Å². The SMILES string of the molecule is Cc1ccc(=O)n(-c2cccc(N)c2)c1. The summed E-state index contributed by atoms with van der Waals surface area (Å²) in [7, 11) is 0. The molecule has 1 aromatic heterocycles. The number of benzene rings is 1. The average Bonchev–Trinajstić information content (AvgIpc) is 2.22. The molecule has 0 aliphatic carbocycles. The number of rotatable bonds is 1. The Kier molecular flexibility index (Phi) is 2.29. The fourth-order valence-corrected chi connectivity index (χ4v) is 1.47. The molecule has 0 bridgehead atoms. The zero-order valence-corrected chi connectivity index (χ0v) is 8.47. The van der Waals surface area contributed by atoms with E-state index in [0.29, 0.717) is 5.69 Å². The van der Waals surface area contributed by atoms with Crippen molar-refractivity contribution in [3.05, 3.63) is 58.5 Å². The second kappa shape index (κ2) is 3.61. The number of nitrogens with two attached hydrogens (primary N) is 1. The molecule has 0 saturated carbocycles. The Balaban J connectivity index is 2.63. The van der Waals surface area contributed by atoms with Crippen LogP contribution in [-0.4, -0.2) is 4.57 Å². The lowest BCUT2D eigenvalue weighted by atomic mass is 10.2. The van der Waals surface area contributed by atoms with Crippen LogP contribution >= 0.6 is 0 Å². The lowest BCUT2D eigenvalue weighted by molar-refractivity contribution is 0.977. The van der Waals surface area contributed by atoms with Crippen molar-refractivity contribution >= 4 is 5.69 Å². The normalized spacial score (nSPS) is 10.2. The predicted octanol–water partition coefficient (Wildman–Crippen LogP) is 1.73. The van der Waals surface area contributed by atoms with Gasteiger partial charge in [0.05, 0.1) is 5.69 Å². The highest BCUT2D eigenvalue weighted by Crippen LogP contribution is 2.10. The Morgan fingerprint density at radius 2 is 2.00 bits per heavy atom. The highest BCUT2D eigenvalue weighted by atomic mass is 16.1. The van der Waals surface area contributed by atoms with Gasteiger partial charge < -0.3 is 5.73 Å². The highest BCUT2D eigenvalue weighted by Gasteiger charge is 1.99. The summed E-state index contributed by atoms with van der Waals surface area (Å²) in [6.07, 6.45) is 1.80. The topological polar surface area (TPSA) is 48.0 Å². The van der Waals surface area contributed by atoms with Gasteiger partial charge in [-0.1, -0.05) is 12.1 Å². The van der Waals surface area contributed by atoms with E-state index in [0.717, 1.165) is 11.3 Å². The summed E-state index contributed by atoms with van der Waals surface area (Å²) in [5.41, 5.74) is 8.11. The molecule has 76 valence electrons. The first kappa shape index (κ1) is 9.52. The molecule has 1 aromatic carbocycles. The van der Waals surface area contributed by atoms with Crippen LogP contribution in [0.5, 0.6) is 0 Å². The van der Waals surface area contributed by atoms with Gasteiger partial charge in [0.2, 0.25) is 0 Å². The van der Waals surface area contributed by atoms with E-state index >= 15 is 0 Å². The first-order valence-corrected chi connectivity index (χ1v) is 4.72. The molecule has 0 radical (unpaired) electrons. The van der Waals surface area contributed by atoms with Crippen LogP contribution in [0.3, 0.4) is 0 Å². The minimum absolute atomic E-state index is 0.0498. The Labute approximate surface area is 87.8 Å². The van der Waals surface area contributed by atoms with E-state index in [9.17, 15) is 4.79 Å². The zero-order chi connectivity index (χ0) is 10.8. The maximum atomic E-state index is 11.6. The van der Waals surface area contributed by atoms with Gasteiger partial charge in [-0.15, -0.1) is 0 Å². The number of nitrogen functional groups attached to an aromatic ring is 1. The summed E-state index contributed by atoms with van der Waals surface area (Å²) in [5, 5.41) is 0. The van der Waals surface area contributed by atoms with Gasteiger partial charge in [-0.25, -0.2) is 0 Å². The van der Waals surface area contributed by atoms with Gasteiger partial charge in [-0.2, -0.15) is 0 Å². The number of aromatic nitrogens is 1. The van der Waals surface area contributed by atoms with Crippen molar-refractivity contribution in [3.63, 3.8) is 0 Å². The fraction of sp³-hybridized carbons (Fsp3) is 0.0833. The molecule has 0 unspecified atom stereocenters. The second-order valence-corrected chi connectivity index (χ2v) is 3.51. The maximum absolute atomic E-state index is 11.6. The van der Waals surface area contributed by atoms with Crippen molar-refractivity contribution < 1.29 is 0 Å². The summed E-state index contributed by atoms with van der Waals surface area (Å²) in [5.74, 6) is 0. The molecule has 0 amide bonds. The molecule has 0 fully saturated rings. The van der Waals surface area contributed by atoms with Crippen molar-refractivity contribution in [2.75, 3.05) is 5.73 Å². The number of nitrogens with zero attached hydrogens (tertiary/aromatic N) is 1. The lowest BCUT2D eigenvalue weighted by Gasteiger charge is -2.06. The number of anilines is 1. The summed E-state index contributed by atoms with van der Waals surface area (Å²) < 4.78 is 1.59. The first-order chi connectivity index (χ1) is 7.16. The highest BCUT2D eigenvalue weighted by molar-refractivity contribution is 5.47. The number of hydrogen-bond donors (Lipinski definition) is 1. The largest absolute Gasteiger partial charge is 0.399 e. The van der Waals surface area contributed by atoms with Gasteiger partial charge in [-0.05, 0) is 30.7 Å². The Morgan fingerprint density at radius 1 is 1.20 bits per heavy atom. The summed E-state index contributed by atoms with van der Waals surface area (Å²) in [6, 6.07) is 10.6. The van der Waals surface area contributed by atoms with E-state index in [1.54, 1.807) is 35.0 Å². The van der Waals surface area contributed by atoms with Crippen molar-refractivity contribution in [2.24, 2.45) is 0 Å². The van der Waals surface area contributed by atoms with E-state index in [1.807, 2.05) is 19.1 Å². The third kappa shape index (κ3) is 1.91. The van der Waals surface area contributed by atoms with Crippen LogP contribution < -0.4 is 11.3 Å². The van der Waals surface area contributed by atoms with Gasteiger partial charge in [0, 0.05) is 18.0 Å². The Bertz CT molecular complexity index is 543. The quantitative estimate of drug-likeness (QED) is 0.712. The van der Waals surface area contributed by atoms with Crippen molar-refractivity contribution in [1.82, 2.24) is 4.57 Å². The van der Waals surface area contributed by atoms with Gasteiger partial charge in [0.15, 0.2) is 0 Å². The Morgan fingerprint density at radius 3 is 2.73 bits per heavy atom. The fourth-order valence-electron chi connectivity index (χ4n) is 1.47. The molecule has 2 N–H and O–H groups in total. The van der Waals surface area contributed by atoms with Crippen molar-refractivity contribution in [3.8, 4) is 5.69 Å². The number of pyridine rings is 1. The molecule has 3 nitrogen and oxygen atoms in total. The first-order valence-electron chi connectivity index (χ1n) is 4.72. The maximum Gasteiger partial charge on any atom is 0.255 e. The molecular formula is C12H12N2O. The summed E-state index contributed by atoms with van der Waals surface area (Å²) >= 11 is 0. The van der Waals surface area contributed by atoms with Gasteiger partial charge >= 0.3 is 0 Å². The van der Waals surface area contributed by atoms with Crippen LogP contribution in [0.15, 0.2) is 47.4 Å². The monoisotopic (exact) mass is 200 g/mol. The Hall–Kier alpha value is -2.03. The van der Waals surface area contributed by atoms with Crippen LogP contribution in [0.2, 0.25) is 0 Å². The summed E-state index contributed by atoms with van der Waals surface area (Å²) in [4.78, 5) is 11.6. The molecule has 15 heavy (non-hydrogen) atoms. The molecule has 2 rings (SSSR count). The van der Waals surface area contributed by atoms with E-state index in [2.05, 4.69) is 0 Å². The van der Waals surface area contributed by atoms with Gasteiger partial charge in [0.1, 0.15) is 0 Å². The predicted molar refractivity (Wildman–Crippen MR) is 61.2 cm³/mol. The molecule has 0 aliphatic heterocycles. The van der Waals surface area contributed by atoms with Crippen LogP contribution in [0.4, 0.5) is 5.69 Å². The smallest absolute Gasteiger partial charge is 0.255 e. The zero-order valence-electron chi connectivity index (χ0n) is 8.47. The van der Waals surface area contributed by atoms with E-state index in [4.69, 9.17) is 5.73 Å². The van der Waals surface area contributed by atoms with Crippen LogP contribution in [0.25, 0.3) is 5.69 Å². The minimum atomic E-state index is -0.0498. The summed E-state index contributed by atoms with van der Waals surface area (Å²) in [6.45, 7) is 1.95. The number of aryl methyl sites for hydroxylation is 1.